The van der Waals surface area contributed by atoms with Crippen molar-refractivity contribution in [2.45, 2.75) is 94.2 Å². The summed E-state index contributed by atoms with van der Waals surface area (Å²) >= 11 is 0. The van der Waals surface area contributed by atoms with Crippen LogP contribution in [0, 0.1) is 40.4 Å². The SMILES string of the molecule is CC#C[C@]1(O)CCC2C3CC[C@@]4(O)CC5(CCC4=C3[C@@H](c3ccc(C(O)c4ccc(C#N)cc4)cc3)C[C@@]21C)OCCO5. The Balaban J connectivity index is 1.29. The first-order valence-electron chi connectivity index (χ1n) is 15.8. The fourth-order valence-corrected chi connectivity index (χ4v) is 9.57. The Morgan fingerprint density at radius 1 is 0.930 bits per heavy atom. The normalized spacial score (nSPS) is 36.6. The van der Waals surface area contributed by atoms with Gasteiger partial charge < -0.3 is 24.8 Å². The van der Waals surface area contributed by atoms with E-state index < -0.39 is 23.1 Å². The molecule has 1 aliphatic heterocycles. The van der Waals surface area contributed by atoms with Crippen LogP contribution in [0.4, 0.5) is 0 Å². The minimum atomic E-state index is -1.04. The number of nitriles is 1. The van der Waals surface area contributed by atoms with E-state index in [-0.39, 0.29) is 17.3 Å². The van der Waals surface area contributed by atoms with Gasteiger partial charge in [-0.15, -0.1) is 5.92 Å². The minimum Gasteiger partial charge on any atom is -0.385 e. The van der Waals surface area contributed by atoms with Gasteiger partial charge in [-0.2, -0.15) is 5.26 Å². The van der Waals surface area contributed by atoms with Gasteiger partial charge in [0.15, 0.2) is 5.79 Å². The third-order valence-corrected chi connectivity index (χ3v) is 11.7. The van der Waals surface area contributed by atoms with Crippen LogP contribution >= 0.6 is 0 Å². The van der Waals surface area contributed by atoms with Crippen molar-refractivity contribution in [3.8, 4) is 17.9 Å². The molecular formula is C37H41NO5. The highest BCUT2D eigenvalue weighted by molar-refractivity contribution is 5.46. The molecule has 3 N–H and O–H groups in total. The number of allylic oxidation sites excluding steroid dienone is 1. The number of hydrogen-bond donors (Lipinski definition) is 3. The van der Waals surface area contributed by atoms with E-state index in [9.17, 15) is 15.3 Å². The summed E-state index contributed by atoms with van der Waals surface area (Å²) in [4.78, 5) is 0. The van der Waals surface area contributed by atoms with Crippen molar-refractivity contribution in [2.75, 3.05) is 13.2 Å². The summed E-state index contributed by atoms with van der Waals surface area (Å²) in [5.41, 5.74) is 3.38. The third kappa shape index (κ3) is 4.42. The fraction of sp³-hybridized carbons (Fsp3) is 0.541. The van der Waals surface area contributed by atoms with E-state index in [0.29, 0.717) is 44.0 Å². The zero-order chi connectivity index (χ0) is 30.0. The minimum absolute atomic E-state index is 0.0249. The molecule has 43 heavy (non-hydrogen) atoms. The standard InChI is InChI=1S/C37H41NO5/c1-3-15-36(41)17-13-30-28-12-16-35(40)23-37(42-19-20-43-37)18-14-31(35)32(28)29(21-34(30,36)2)25-8-10-27(11-9-25)33(39)26-6-4-24(22-38)5-7-26/h4-11,28-30,33,39-41H,12-14,16-21,23H2,1-2H3/t28?,29-,30?,33?,34+,35-,36+/m1/s1. The first kappa shape index (κ1) is 28.8. The molecule has 6 heteroatoms. The van der Waals surface area contributed by atoms with Crippen molar-refractivity contribution < 1.29 is 24.8 Å². The monoisotopic (exact) mass is 579 g/mol. The number of ether oxygens (including phenoxy) is 2. The van der Waals surface area contributed by atoms with E-state index in [2.05, 4.69) is 37.0 Å². The second kappa shape index (κ2) is 10.3. The summed E-state index contributed by atoms with van der Waals surface area (Å²) in [5.74, 6) is 6.18. The first-order chi connectivity index (χ1) is 20.6. The van der Waals surface area contributed by atoms with Gasteiger partial charge in [0.25, 0.3) is 0 Å². The zero-order valence-electron chi connectivity index (χ0n) is 25.1. The van der Waals surface area contributed by atoms with Gasteiger partial charge in [0.1, 0.15) is 11.7 Å². The number of fused-ring (bicyclic) bond motifs is 4. The van der Waals surface area contributed by atoms with Crippen LogP contribution in [0.2, 0.25) is 0 Å². The molecule has 0 aromatic heterocycles. The van der Waals surface area contributed by atoms with Crippen molar-refractivity contribution in [1.29, 1.82) is 5.26 Å². The number of aliphatic hydroxyl groups is 3. The third-order valence-electron chi connectivity index (χ3n) is 11.7. The summed E-state index contributed by atoms with van der Waals surface area (Å²) < 4.78 is 12.2. The molecule has 224 valence electrons. The van der Waals surface area contributed by atoms with Gasteiger partial charge >= 0.3 is 0 Å². The van der Waals surface area contributed by atoms with Crippen molar-refractivity contribution >= 4 is 0 Å². The van der Waals surface area contributed by atoms with Gasteiger partial charge in [0.2, 0.25) is 0 Å². The number of hydrogen-bond acceptors (Lipinski definition) is 6. The molecule has 3 unspecified atom stereocenters. The van der Waals surface area contributed by atoms with E-state index in [1.165, 1.54) is 11.1 Å². The van der Waals surface area contributed by atoms with Gasteiger partial charge in [-0.05, 0) is 91.7 Å². The van der Waals surface area contributed by atoms with Crippen LogP contribution in [0.1, 0.15) is 99.5 Å². The maximum atomic E-state index is 12.2. The number of benzene rings is 2. The lowest BCUT2D eigenvalue weighted by molar-refractivity contribution is -0.208. The predicted molar refractivity (Wildman–Crippen MR) is 161 cm³/mol. The van der Waals surface area contributed by atoms with Crippen LogP contribution < -0.4 is 0 Å². The molecule has 0 bridgehead atoms. The molecule has 4 fully saturated rings. The van der Waals surface area contributed by atoms with E-state index in [4.69, 9.17) is 14.7 Å². The maximum Gasteiger partial charge on any atom is 0.171 e. The number of rotatable bonds is 3. The fourth-order valence-electron chi connectivity index (χ4n) is 9.57. The quantitative estimate of drug-likeness (QED) is 0.320. The van der Waals surface area contributed by atoms with Gasteiger partial charge in [-0.3, -0.25) is 0 Å². The van der Waals surface area contributed by atoms with E-state index in [0.717, 1.165) is 48.8 Å². The van der Waals surface area contributed by atoms with Gasteiger partial charge in [0, 0.05) is 24.2 Å². The molecule has 5 aliphatic rings. The second-order valence-electron chi connectivity index (χ2n) is 13.8. The topological polar surface area (TPSA) is 103 Å². The lowest BCUT2D eigenvalue weighted by atomic mass is 9.49. The number of nitrogens with zero attached hydrogens (tertiary/aromatic N) is 1. The summed E-state index contributed by atoms with van der Waals surface area (Å²) in [7, 11) is 0. The molecule has 2 aromatic carbocycles. The second-order valence-corrected chi connectivity index (χ2v) is 13.8. The zero-order valence-corrected chi connectivity index (χ0v) is 25.1. The van der Waals surface area contributed by atoms with Crippen molar-refractivity contribution in [3.63, 3.8) is 0 Å². The van der Waals surface area contributed by atoms with Crippen LogP contribution in [0.5, 0.6) is 0 Å². The predicted octanol–water partition coefficient (Wildman–Crippen LogP) is 5.66. The molecular weight excluding hydrogens is 538 g/mol. The Kier molecular flexibility index (Phi) is 6.89. The molecule has 3 saturated carbocycles. The van der Waals surface area contributed by atoms with Crippen LogP contribution in [-0.2, 0) is 9.47 Å². The average molecular weight is 580 g/mol. The van der Waals surface area contributed by atoms with E-state index in [1.807, 2.05) is 19.1 Å². The van der Waals surface area contributed by atoms with E-state index in [1.54, 1.807) is 24.3 Å². The van der Waals surface area contributed by atoms with Crippen molar-refractivity contribution in [2.24, 2.45) is 17.3 Å². The Labute approximate surface area is 254 Å². The molecule has 1 spiro atoms. The van der Waals surface area contributed by atoms with Crippen LogP contribution in [0.15, 0.2) is 59.7 Å². The highest BCUT2D eigenvalue weighted by Crippen LogP contribution is 2.67. The van der Waals surface area contributed by atoms with Gasteiger partial charge in [-0.25, -0.2) is 0 Å². The summed E-state index contributed by atoms with van der Waals surface area (Å²) in [6.45, 7) is 5.20. The van der Waals surface area contributed by atoms with Crippen molar-refractivity contribution in [1.82, 2.24) is 0 Å². The molecule has 0 amide bonds. The first-order valence-corrected chi connectivity index (χ1v) is 15.8. The average Bonchev–Trinajstić information content (AvgIpc) is 3.57. The Morgan fingerprint density at radius 2 is 1.60 bits per heavy atom. The lowest BCUT2D eigenvalue weighted by Crippen LogP contribution is -2.55. The van der Waals surface area contributed by atoms with Gasteiger partial charge in [-0.1, -0.05) is 54.8 Å². The van der Waals surface area contributed by atoms with E-state index >= 15 is 0 Å². The van der Waals surface area contributed by atoms with Crippen LogP contribution in [0.25, 0.3) is 0 Å². The molecule has 0 radical (unpaired) electrons. The molecule has 2 aromatic rings. The van der Waals surface area contributed by atoms with Crippen LogP contribution in [0.3, 0.4) is 0 Å². The maximum absolute atomic E-state index is 12.2. The highest BCUT2D eigenvalue weighted by Gasteiger charge is 2.64. The van der Waals surface area contributed by atoms with Crippen molar-refractivity contribution in [3.05, 3.63) is 81.9 Å². The molecule has 1 heterocycles. The highest BCUT2D eigenvalue weighted by atomic mass is 16.7. The Morgan fingerprint density at radius 3 is 2.26 bits per heavy atom. The Bertz CT molecular complexity index is 1540. The van der Waals surface area contributed by atoms with Gasteiger partial charge in [0.05, 0.1) is 30.4 Å². The molecule has 4 aliphatic carbocycles. The molecule has 7 rings (SSSR count). The summed E-state index contributed by atoms with van der Waals surface area (Å²) in [6.07, 6.45) is 5.07. The number of aliphatic hydroxyl groups excluding tert-OH is 1. The molecule has 1 saturated heterocycles. The molecule has 7 atom stereocenters. The Hall–Kier alpha value is -2.97. The summed E-state index contributed by atoms with van der Waals surface area (Å²) in [5, 5.41) is 44.5. The molecule has 6 nitrogen and oxygen atoms in total. The summed E-state index contributed by atoms with van der Waals surface area (Å²) in [6, 6.07) is 17.4. The smallest absolute Gasteiger partial charge is 0.171 e. The van der Waals surface area contributed by atoms with Crippen LogP contribution in [-0.4, -0.2) is 45.5 Å². The lowest BCUT2D eigenvalue weighted by Gasteiger charge is -2.57. The largest absolute Gasteiger partial charge is 0.385 e.